The molecule has 4 N–H and O–H groups in total. The minimum absolute atomic E-state index is 0.195. The summed E-state index contributed by atoms with van der Waals surface area (Å²) in [7, 11) is 0. The zero-order valence-electron chi connectivity index (χ0n) is 19.2. The molecule has 0 spiro atoms. The Labute approximate surface area is 199 Å². The third-order valence-electron chi connectivity index (χ3n) is 6.59. The van der Waals surface area contributed by atoms with Crippen molar-refractivity contribution in [2.24, 2.45) is 5.73 Å². The van der Waals surface area contributed by atoms with Gasteiger partial charge in [0.25, 0.3) is 5.91 Å². The molecule has 0 fully saturated rings. The molecule has 6 nitrogen and oxygen atoms in total. The van der Waals surface area contributed by atoms with Gasteiger partial charge in [0.1, 0.15) is 0 Å². The molecule has 34 heavy (non-hydrogen) atoms. The maximum Gasteiger partial charge on any atom is 0.258 e. The zero-order valence-corrected chi connectivity index (χ0v) is 19.2. The second-order valence-electron chi connectivity index (χ2n) is 8.94. The SMILES string of the molecule is C/C(Nc1ccc(CN2CC=C3CC=CC=C3CC2)cc1)=C1/C(=O)Nc2cc(C(N)=O)ccc21. The van der Waals surface area contributed by atoms with E-state index in [1.807, 2.05) is 19.1 Å². The van der Waals surface area contributed by atoms with E-state index in [0.29, 0.717) is 16.8 Å². The molecule has 2 aromatic rings. The van der Waals surface area contributed by atoms with Crippen LogP contribution in [0.4, 0.5) is 11.4 Å². The molecule has 5 rings (SSSR count). The molecule has 2 heterocycles. The van der Waals surface area contributed by atoms with Crippen LogP contribution < -0.4 is 16.4 Å². The summed E-state index contributed by atoms with van der Waals surface area (Å²) in [5.74, 6) is -0.715. The molecule has 2 aliphatic heterocycles. The summed E-state index contributed by atoms with van der Waals surface area (Å²) in [6.45, 7) is 4.81. The highest BCUT2D eigenvalue weighted by Gasteiger charge is 2.27. The topological polar surface area (TPSA) is 87.5 Å². The lowest BCUT2D eigenvalue weighted by molar-refractivity contribution is -0.110. The fourth-order valence-corrected chi connectivity index (χ4v) is 4.76. The largest absolute Gasteiger partial charge is 0.366 e. The van der Waals surface area contributed by atoms with Gasteiger partial charge in [0.15, 0.2) is 0 Å². The van der Waals surface area contributed by atoms with E-state index in [9.17, 15) is 9.59 Å². The third kappa shape index (κ3) is 4.45. The number of nitrogens with zero attached hydrogens (tertiary/aromatic N) is 1. The molecular formula is C28H28N4O2. The Kier molecular flexibility index (Phi) is 5.90. The second kappa shape index (κ2) is 9.15. The van der Waals surface area contributed by atoms with E-state index in [1.165, 1.54) is 16.7 Å². The van der Waals surface area contributed by atoms with E-state index in [4.69, 9.17) is 5.73 Å². The van der Waals surface area contributed by atoms with Crippen molar-refractivity contribution in [1.82, 2.24) is 4.90 Å². The molecule has 0 atom stereocenters. The summed E-state index contributed by atoms with van der Waals surface area (Å²) < 4.78 is 0. The number of primary amides is 1. The number of nitrogens with one attached hydrogen (secondary N) is 2. The van der Waals surface area contributed by atoms with Gasteiger partial charge < -0.3 is 16.4 Å². The van der Waals surface area contributed by atoms with Crippen LogP contribution in [0.5, 0.6) is 0 Å². The quantitative estimate of drug-likeness (QED) is 0.579. The fraction of sp³-hybridized carbons (Fsp3) is 0.214. The van der Waals surface area contributed by atoms with Gasteiger partial charge in [-0.2, -0.15) is 0 Å². The van der Waals surface area contributed by atoms with Gasteiger partial charge >= 0.3 is 0 Å². The number of nitrogens with two attached hydrogens (primary N) is 1. The lowest BCUT2D eigenvalue weighted by Gasteiger charge is -2.19. The molecule has 0 unspecified atom stereocenters. The molecule has 2 amide bonds. The van der Waals surface area contributed by atoms with Crippen LogP contribution in [0, 0.1) is 0 Å². The summed E-state index contributed by atoms with van der Waals surface area (Å²) in [5.41, 5.74) is 13.5. The number of allylic oxidation sites excluding steroid dienone is 5. The number of anilines is 2. The Morgan fingerprint density at radius 2 is 1.97 bits per heavy atom. The van der Waals surface area contributed by atoms with Gasteiger partial charge in [-0.25, -0.2) is 0 Å². The third-order valence-corrected chi connectivity index (χ3v) is 6.59. The van der Waals surface area contributed by atoms with Crippen molar-refractivity contribution in [3.8, 4) is 0 Å². The highest BCUT2D eigenvalue weighted by Crippen LogP contribution is 2.35. The van der Waals surface area contributed by atoms with Gasteiger partial charge in [-0.15, -0.1) is 0 Å². The van der Waals surface area contributed by atoms with Crippen LogP contribution in [-0.4, -0.2) is 29.8 Å². The van der Waals surface area contributed by atoms with Crippen LogP contribution >= 0.6 is 0 Å². The van der Waals surface area contributed by atoms with Gasteiger partial charge in [-0.05, 0) is 60.7 Å². The number of fused-ring (bicyclic) bond motifs is 2. The summed E-state index contributed by atoms with van der Waals surface area (Å²) in [6, 6.07) is 13.4. The standard InChI is InChI=1S/C28H28N4O2/c1-18(26-24-11-8-22(27(29)33)16-25(24)31-28(26)34)30-23-9-6-19(7-10-23)17-32-14-12-20-4-2-3-5-21(20)13-15-32/h2-4,6-11,13,16,30H,5,12,14-15,17H2,1H3,(H2,29,33)(H,31,34)/b26-18-. The fourth-order valence-electron chi connectivity index (χ4n) is 4.76. The predicted octanol–water partition coefficient (Wildman–Crippen LogP) is 4.60. The number of hydrogen-bond acceptors (Lipinski definition) is 4. The first-order valence-corrected chi connectivity index (χ1v) is 11.6. The van der Waals surface area contributed by atoms with E-state index in [0.717, 1.165) is 49.4 Å². The summed E-state index contributed by atoms with van der Waals surface area (Å²) in [5, 5.41) is 6.18. The molecule has 2 aromatic carbocycles. The Balaban J connectivity index is 1.27. The van der Waals surface area contributed by atoms with Crippen molar-refractivity contribution in [3.05, 3.63) is 100 Å². The number of amides is 2. The molecule has 1 aliphatic carbocycles. The minimum Gasteiger partial charge on any atom is -0.366 e. The summed E-state index contributed by atoms with van der Waals surface area (Å²) >= 11 is 0. The number of rotatable bonds is 5. The van der Waals surface area contributed by atoms with Gasteiger partial charge in [0, 0.05) is 47.8 Å². The van der Waals surface area contributed by atoms with Gasteiger partial charge in [0.05, 0.1) is 5.57 Å². The minimum atomic E-state index is -0.520. The first kappa shape index (κ1) is 21.9. The first-order valence-electron chi connectivity index (χ1n) is 11.6. The lowest BCUT2D eigenvalue weighted by atomic mass is 9.96. The Hall–Kier alpha value is -3.90. The monoisotopic (exact) mass is 452 g/mol. The number of carbonyl (C=O) groups excluding carboxylic acids is 2. The van der Waals surface area contributed by atoms with Gasteiger partial charge in [-0.3, -0.25) is 14.5 Å². The molecular weight excluding hydrogens is 424 g/mol. The van der Waals surface area contributed by atoms with Crippen LogP contribution in [0.2, 0.25) is 0 Å². The predicted molar refractivity (Wildman–Crippen MR) is 136 cm³/mol. The summed E-state index contributed by atoms with van der Waals surface area (Å²) in [4.78, 5) is 26.5. The van der Waals surface area contributed by atoms with Crippen molar-refractivity contribution >= 4 is 28.8 Å². The molecule has 0 bridgehead atoms. The number of hydrogen-bond donors (Lipinski definition) is 3. The molecule has 0 radical (unpaired) electrons. The van der Waals surface area contributed by atoms with E-state index < -0.39 is 5.91 Å². The maximum atomic E-state index is 12.6. The first-order chi connectivity index (χ1) is 16.5. The highest BCUT2D eigenvalue weighted by molar-refractivity contribution is 6.32. The molecule has 172 valence electrons. The van der Waals surface area contributed by atoms with Crippen molar-refractivity contribution in [2.45, 2.75) is 26.3 Å². The maximum absolute atomic E-state index is 12.6. The number of benzene rings is 2. The number of carbonyl (C=O) groups is 2. The van der Waals surface area contributed by atoms with Crippen LogP contribution in [0.3, 0.4) is 0 Å². The Morgan fingerprint density at radius 1 is 1.15 bits per heavy atom. The lowest BCUT2D eigenvalue weighted by Crippen LogP contribution is -2.23. The smallest absolute Gasteiger partial charge is 0.258 e. The molecule has 0 aromatic heterocycles. The van der Waals surface area contributed by atoms with Crippen LogP contribution in [0.15, 0.2) is 83.6 Å². The van der Waals surface area contributed by atoms with E-state index in [2.05, 4.69) is 52.0 Å². The van der Waals surface area contributed by atoms with Crippen LogP contribution in [0.1, 0.15) is 41.3 Å². The van der Waals surface area contributed by atoms with Crippen LogP contribution in [0.25, 0.3) is 5.57 Å². The van der Waals surface area contributed by atoms with Gasteiger partial charge in [-0.1, -0.05) is 42.5 Å². The average molecular weight is 453 g/mol. The van der Waals surface area contributed by atoms with E-state index >= 15 is 0 Å². The highest BCUT2D eigenvalue weighted by atomic mass is 16.2. The van der Waals surface area contributed by atoms with Gasteiger partial charge in [0.2, 0.25) is 5.91 Å². The molecule has 6 heteroatoms. The van der Waals surface area contributed by atoms with Crippen molar-refractivity contribution in [1.29, 1.82) is 0 Å². The summed E-state index contributed by atoms with van der Waals surface area (Å²) in [6.07, 6.45) is 11.1. The molecule has 3 aliphatic rings. The zero-order chi connectivity index (χ0) is 23.7. The van der Waals surface area contributed by atoms with E-state index in [1.54, 1.807) is 18.2 Å². The second-order valence-corrected chi connectivity index (χ2v) is 8.94. The Bertz CT molecular complexity index is 1280. The van der Waals surface area contributed by atoms with Crippen LogP contribution in [-0.2, 0) is 11.3 Å². The molecule has 0 saturated carbocycles. The normalized spacial score (nSPS) is 18.8. The van der Waals surface area contributed by atoms with Crippen molar-refractivity contribution in [3.63, 3.8) is 0 Å². The Morgan fingerprint density at radius 3 is 2.76 bits per heavy atom. The average Bonchev–Trinajstić information content (AvgIpc) is 3.03. The van der Waals surface area contributed by atoms with E-state index in [-0.39, 0.29) is 5.91 Å². The molecule has 0 saturated heterocycles. The van der Waals surface area contributed by atoms with Crippen molar-refractivity contribution in [2.75, 3.05) is 23.7 Å². The van der Waals surface area contributed by atoms with Crippen molar-refractivity contribution < 1.29 is 9.59 Å².